The van der Waals surface area contributed by atoms with E-state index in [0.717, 1.165) is 12.1 Å². The van der Waals surface area contributed by atoms with Gasteiger partial charge in [0.15, 0.2) is 5.69 Å². The molecule has 0 radical (unpaired) electrons. The average Bonchev–Trinajstić information content (AvgIpc) is 3.36. The number of halogens is 5. The number of fused-ring (bicyclic) bond motifs is 1. The molecule has 2 aromatic heterocycles. The van der Waals surface area contributed by atoms with Crippen molar-refractivity contribution in [3.63, 3.8) is 0 Å². The van der Waals surface area contributed by atoms with Gasteiger partial charge >= 0.3 is 6.18 Å². The molecule has 0 saturated carbocycles. The van der Waals surface area contributed by atoms with Crippen LogP contribution in [0.25, 0.3) is 22.4 Å². The summed E-state index contributed by atoms with van der Waals surface area (Å²) in [5, 5.41) is 2.80. The van der Waals surface area contributed by atoms with Gasteiger partial charge in [0.25, 0.3) is 13.4 Å². The third-order valence-electron chi connectivity index (χ3n) is 6.44. The first kappa shape index (κ1) is 29.9. The lowest BCUT2D eigenvalue weighted by atomic mass is 9.70. The van der Waals surface area contributed by atoms with Crippen molar-refractivity contribution in [1.29, 1.82) is 0 Å². The summed E-state index contributed by atoms with van der Waals surface area (Å²) in [5.41, 5.74) is 4.49. The Morgan fingerprint density at radius 3 is 2.51 bits per heavy atom. The molecule has 0 fully saturated rings. The maximum absolute atomic E-state index is 14.2. The number of methoxy groups -OCH3 is 1. The summed E-state index contributed by atoms with van der Waals surface area (Å²) in [6.45, 7) is 3.38. The van der Waals surface area contributed by atoms with Crippen LogP contribution in [0, 0.1) is 17.6 Å². The van der Waals surface area contributed by atoms with E-state index in [1.165, 1.54) is 31.4 Å². The van der Waals surface area contributed by atoms with Crippen LogP contribution in [0.15, 0.2) is 46.9 Å². The normalized spacial score (nSPS) is 12.5. The van der Waals surface area contributed by atoms with Crippen molar-refractivity contribution in [1.82, 2.24) is 15.3 Å². The first-order chi connectivity index (χ1) is 19.4. The highest BCUT2D eigenvalue weighted by Gasteiger charge is 2.34. The van der Waals surface area contributed by atoms with Gasteiger partial charge in [0, 0.05) is 34.9 Å². The molecule has 0 bridgehead atoms. The summed E-state index contributed by atoms with van der Waals surface area (Å²) < 4.78 is 84.3. The maximum atomic E-state index is 14.2. The lowest BCUT2D eigenvalue weighted by Gasteiger charge is -2.18. The van der Waals surface area contributed by atoms with E-state index < -0.39 is 35.2 Å². The van der Waals surface area contributed by atoms with Crippen LogP contribution in [0.2, 0.25) is 0 Å². The van der Waals surface area contributed by atoms with E-state index in [4.69, 9.17) is 19.5 Å². The minimum absolute atomic E-state index is 0.0459. The minimum atomic E-state index is -4.69. The first-order valence-electron chi connectivity index (χ1n) is 12.5. The van der Waals surface area contributed by atoms with E-state index in [9.17, 15) is 26.7 Å². The van der Waals surface area contributed by atoms with Gasteiger partial charge in [-0.2, -0.15) is 13.2 Å². The van der Waals surface area contributed by atoms with Gasteiger partial charge in [0.05, 0.1) is 13.8 Å². The fourth-order valence-electron chi connectivity index (χ4n) is 4.25. The molecule has 3 N–H and O–H groups in total. The van der Waals surface area contributed by atoms with Crippen LogP contribution in [-0.2, 0) is 17.4 Å². The summed E-state index contributed by atoms with van der Waals surface area (Å²) in [4.78, 5) is 21.5. The lowest BCUT2D eigenvalue weighted by Crippen LogP contribution is -2.27. The molecule has 4 rings (SSSR count). The molecule has 2 heterocycles. The largest absolute Gasteiger partial charge is 0.494 e. The summed E-state index contributed by atoms with van der Waals surface area (Å²) in [7, 11) is 1.38. The van der Waals surface area contributed by atoms with Crippen molar-refractivity contribution in [2.75, 3.05) is 13.8 Å². The Morgan fingerprint density at radius 1 is 1.12 bits per heavy atom. The van der Waals surface area contributed by atoms with Crippen LogP contribution >= 0.6 is 0 Å². The maximum Gasteiger partial charge on any atom is 0.433 e. The standard InChI is InChI=1S/C27H26BF5N4O4/c1-13(2)21(28-40-12-34)24-23(25(38)35-11-14-4-5-15(29)10-18(14)30)37-26(41-24)17-6-8-19(39-3)22-16(17)7-9-20(36-22)27(31,32)33/h4-10,13,21,28H,11-12,34H2,1-3H3,(H,35,38)/t21-/m0/s1. The molecule has 2 aromatic carbocycles. The molecule has 0 aliphatic heterocycles. The van der Waals surface area contributed by atoms with Gasteiger partial charge in [-0.15, -0.1) is 0 Å². The Hall–Kier alpha value is -4.04. The number of hydrogen-bond donors (Lipinski definition) is 2. The number of carbonyl (C=O) groups excluding carboxylic acids is 1. The van der Waals surface area contributed by atoms with Gasteiger partial charge in [0.2, 0.25) is 5.89 Å². The third kappa shape index (κ3) is 6.49. The number of nitrogens with one attached hydrogen (secondary N) is 1. The molecule has 0 spiro atoms. The number of pyridine rings is 1. The van der Waals surface area contributed by atoms with Crippen LogP contribution in [0.4, 0.5) is 22.0 Å². The number of ether oxygens (including phenoxy) is 1. The first-order valence-corrected chi connectivity index (χ1v) is 12.5. The van der Waals surface area contributed by atoms with Gasteiger partial charge in [-0.25, -0.2) is 18.7 Å². The van der Waals surface area contributed by atoms with E-state index in [-0.39, 0.29) is 71.8 Å². The van der Waals surface area contributed by atoms with Crippen molar-refractivity contribution in [2.45, 2.75) is 32.4 Å². The van der Waals surface area contributed by atoms with Gasteiger partial charge < -0.3 is 24.9 Å². The van der Waals surface area contributed by atoms with Crippen molar-refractivity contribution in [3.8, 4) is 17.2 Å². The zero-order valence-electron chi connectivity index (χ0n) is 22.3. The number of carbonyl (C=O) groups is 1. The third-order valence-corrected chi connectivity index (χ3v) is 6.44. The topological polar surface area (TPSA) is 112 Å². The SMILES string of the molecule is COc1ccc(-c2nc(C(=O)NCc3ccc(F)cc3F)c([C@@H](BOCN)C(C)C)o2)c2ccc(C(F)(F)F)nc12. The molecule has 0 unspecified atom stereocenters. The number of rotatable bonds is 10. The van der Waals surface area contributed by atoms with E-state index in [1.54, 1.807) is 0 Å². The predicted octanol–water partition coefficient (Wildman–Crippen LogP) is 5.11. The number of aromatic nitrogens is 2. The quantitative estimate of drug-likeness (QED) is 0.153. The monoisotopic (exact) mass is 576 g/mol. The van der Waals surface area contributed by atoms with Crippen molar-refractivity contribution in [3.05, 3.63) is 76.8 Å². The fourth-order valence-corrected chi connectivity index (χ4v) is 4.25. The van der Waals surface area contributed by atoms with E-state index >= 15 is 0 Å². The van der Waals surface area contributed by atoms with Gasteiger partial charge in [-0.1, -0.05) is 19.9 Å². The molecule has 8 nitrogen and oxygen atoms in total. The summed E-state index contributed by atoms with van der Waals surface area (Å²) in [5.74, 6) is -2.75. The smallest absolute Gasteiger partial charge is 0.433 e. The Kier molecular flexibility index (Phi) is 8.93. The second kappa shape index (κ2) is 12.2. The van der Waals surface area contributed by atoms with Crippen LogP contribution in [0.1, 0.15) is 47.2 Å². The van der Waals surface area contributed by atoms with Crippen LogP contribution in [0.3, 0.4) is 0 Å². The Morgan fingerprint density at radius 2 is 1.88 bits per heavy atom. The van der Waals surface area contributed by atoms with Crippen LogP contribution in [-0.4, -0.2) is 37.2 Å². The highest BCUT2D eigenvalue weighted by molar-refractivity contribution is 6.30. The number of oxazole rings is 1. The number of amides is 1. The van der Waals surface area contributed by atoms with Gasteiger partial charge in [-0.05, 0) is 36.2 Å². The second-order valence-electron chi connectivity index (χ2n) is 9.44. The minimum Gasteiger partial charge on any atom is -0.494 e. The molecular formula is C27H26BF5N4O4. The molecule has 216 valence electrons. The van der Waals surface area contributed by atoms with Crippen molar-refractivity contribution < 1.29 is 40.6 Å². The van der Waals surface area contributed by atoms with E-state index in [0.29, 0.717) is 6.07 Å². The summed E-state index contributed by atoms with van der Waals surface area (Å²) in [6.07, 6.45) is -4.69. The highest BCUT2D eigenvalue weighted by atomic mass is 19.4. The molecular weight excluding hydrogens is 550 g/mol. The molecule has 0 saturated heterocycles. The highest BCUT2D eigenvalue weighted by Crippen LogP contribution is 2.38. The summed E-state index contributed by atoms with van der Waals surface area (Å²) >= 11 is 0. The van der Waals surface area contributed by atoms with Crippen LogP contribution < -0.4 is 15.8 Å². The molecule has 0 aliphatic rings. The number of alkyl halides is 3. The zero-order valence-corrected chi connectivity index (χ0v) is 22.3. The lowest BCUT2D eigenvalue weighted by molar-refractivity contribution is -0.140. The molecule has 14 heteroatoms. The summed E-state index contributed by atoms with van der Waals surface area (Å²) in [6, 6.07) is 7.97. The van der Waals surface area contributed by atoms with Crippen molar-refractivity contribution in [2.24, 2.45) is 11.7 Å². The number of benzene rings is 2. The molecule has 41 heavy (non-hydrogen) atoms. The van der Waals surface area contributed by atoms with Crippen molar-refractivity contribution >= 4 is 24.3 Å². The molecule has 0 aliphatic carbocycles. The Bertz CT molecular complexity index is 1560. The molecule has 1 amide bonds. The van der Waals surface area contributed by atoms with Gasteiger partial charge in [-0.3, -0.25) is 4.79 Å². The molecule has 4 aromatic rings. The second-order valence-corrected chi connectivity index (χ2v) is 9.44. The van der Waals surface area contributed by atoms with Crippen LogP contribution in [0.5, 0.6) is 5.75 Å². The Labute approximate surface area is 232 Å². The average molecular weight is 576 g/mol. The number of nitrogens with zero attached hydrogens (tertiary/aromatic N) is 2. The predicted molar refractivity (Wildman–Crippen MR) is 141 cm³/mol. The fraction of sp³-hybridized carbons (Fsp3) is 0.296. The zero-order chi connectivity index (χ0) is 29.9. The number of hydrogen-bond acceptors (Lipinski definition) is 7. The van der Waals surface area contributed by atoms with Gasteiger partial charge in [0.1, 0.15) is 34.4 Å². The molecule has 1 atom stereocenters. The van der Waals surface area contributed by atoms with E-state index in [2.05, 4.69) is 15.3 Å². The Balaban J connectivity index is 1.81. The number of nitrogens with two attached hydrogens (primary N) is 1. The van der Waals surface area contributed by atoms with E-state index in [1.807, 2.05) is 13.8 Å².